The summed E-state index contributed by atoms with van der Waals surface area (Å²) in [6.07, 6.45) is -2.17. The van der Waals surface area contributed by atoms with Crippen LogP contribution in [-0.4, -0.2) is 5.11 Å². The van der Waals surface area contributed by atoms with Crippen LogP contribution >= 0.6 is 0 Å². The smallest absolute Gasteiger partial charge is 0.200 e. The van der Waals surface area contributed by atoms with Gasteiger partial charge in [-0.05, 0) is 22.9 Å². The molecule has 0 bridgehead atoms. The second-order valence-corrected chi connectivity index (χ2v) is 5.22. The molecule has 3 aromatic rings. The van der Waals surface area contributed by atoms with Gasteiger partial charge in [0.2, 0.25) is 5.82 Å². The molecule has 126 valence electrons. The Morgan fingerprint density at radius 1 is 0.720 bits per heavy atom. The number of aliphatic hydroxyl groups is 1. The highest BCUT2D eigenvalue weighted by molar-refractivity contribution is 5.83. The van der Waals surface area contributed by atoms with Crippen molar-refractivity contribution in [3.63, 3.8) is 0 Å². The van der Waals surface area contributed by atoms with Crippen molar-refractivity contribution in [2.75, 3.05) is 0 Å². The highest BCUT2D eigenvalue weighted by Gasteiger charge is 2.28. The average Bonchev–Trinajstić information content (AvgIpc) is 2.63. The molecule has 1 nitrogen and oxygen atoms in total. The first-order chi connectivity index (χ1) is 11.9. The molecule has 0 fully saturated rings. The third-order valence-corrected chi connectivity index (χ3v) is 3.62. The Balaban J connectivity index is 2.00. The molecule has 0 aliphatic carbocycles. The molecular formula is C19H9F5O. The predicted octanol–water partition coefficient (Wildman–Crippen LogP) is 4.62. The largest absolute Gasteiger partial charge is 0.376 e. The molecule has 3 aromatic carbocycles. The van der Waals surface area contributed by atoms with E-state index in [-0.39, 0.29) is 0 Å². The summed E-state index contributed by atoms with van der Waals surface area (Å²) in [6, 6.07) is 12.4. The van der Waals surface area contributed by atoms with E-state index in [2.05, 4.69) is 11.8 Å². The van der Waals surface area contributed by atoms with Crippen molar-refractivity contribution >= 4 is 10.8 Å². The Kier molecular flexibility index (Phi) is 4.43. The van der Waals surface area contributed by atoms with Gasteiger partial charge in [0.1, 0.15) is 6.10 Å². The number of rotatable bonds is 1. The molecule has 6 heteroatoms. The molecule has 0 radical (unpaired) electrons. The Bertz CT molecular complexity index is 1000. The van der Waals surface area contributed by atoms with Gasteiger partial charge in [0.25, 0.3) is 0 Å². The maximum atomic E-state index is 13.6. The molecule has 0 aliphatic heterocycles. The molecule has 25 heavy (non-hydrogen) atoms. The molecular weight excluding hydrogens is 339 g/mol. The lowest BCUT2D eigenvalue weighted by molar-refractivity contribution is 0.219. The minimum absolute atomic E-state index is 0.418. The topological polar surface area (TPSA) is 20.2 Å². The van der Waals surface area contributed by atoms with Crippen molar-refractivity contribution in [2.45, 2.75) is 6.10 Å². The van der Waals surface area contributed by atoms with Gasteiger partial charge in [-0.2, -0.15) is 0 Å². The van der Waals surface area contributed by atoms with E-state index >= 15 is 0 Å². The first kappa shape index (κ1) is 16.9. The molecule has 0 saturated carbocycles. The zero-order valence-corrected chi connectivity index (χ0v) is 12.5. The van der Waals surface area contributed by atoms with Crippen LogP contribution < -0.4 is 0 Å². The lowest BCUT2D eigenvalue weighted by atomic mass is 10.0. The molecule has 0 aromatic heterocycles. The number of halogens is 5. The number of fused-ring (bicyclic) bond motifs is 1. The molecule has 0 aliphatic rings. The van der Waals surface area contributed by atoms with Crippen molar-refractivity contribution in [3.8, 4) is 11.8 Å². The molecule has 1 N–H and O–H groups in total. The van der Waals surface area contributed by atoms with Gasteiger partial charge in [-0.3, -0.25) is 0 Å². The fourth-order valence-electron chi connectivity index (χ4n) is 2.35. The first-order valence-electron chi connectivity index (χ1n) is 7.10. The summed E-state index contributed by atoms with van der Waals surface area (Å²) in [5, 5.41) is 11.6. The van der Waals surface area contributed by atoms with Gasteiger partial charge in [-0.15, -0.1) is 0 Å². The maximum absolute atomic E-state index is 13.6. The highest BCUT2D eigenvalue weighted by Crippen LogP contribution is 2.27. The van der Waals surface area contributed by atoms with Gasteiger partial charge in [-0.1, -0.05) is 42.2 Å². The van der Waals surface area contributed by atoms with Crippen molar-refractivity contribution in [1.29, 1.82) is 0 Å². The van der Waals surface area contributed by atoms with E-state index in [4.69, 9.17) is 0 Å². The Morgan fingerprint density at radius 2 is 1.28 bits per heavy atom. The molecule has 0 unspecified atom stereocenters. The molecule has 1 atom stereocenters. The van der Waals surface area contributed by atoms with Crippen LogP contribution in [0.15, 0.2) is 42.5 Å². The third-order valence-electron chi connectivity index (χ3n) is 3.62. The second kappa shape index (κ2) is 6.54. The van der Waals surface area contributed by atoms with Gasteiger partial charge < -0.3 is 5.11 Å². The fourth-order valence-corrected chi connectivity index (χ4v) is 2.35. The first-order valence-corrected chi connectivity index (χ1v) is 7.10. The van der Waals surface area contributed by atoms with E-state index in [1.165, 1.54) is 0 Å². The van der Waals surface area contributed by atoms with Crippen LogP contribution in [0.25, 0.3) is 10.8 Å². The van der Waals surface area contributed by atoms with Gasteiger partial charge in [0.15, 0.2) is 23.3 Å². The normalized spacial score (nSPS) is 11.9. The van der Waals surface area contributed by atoms with Gasteiger partial charge >= 0.3 is 0 Å². The van der Waals surface area contributed by atoms with Crippen molar-refractivity contribution < 1.29 is 27.1 Å². The number of hydrogen-bond donors (Lipinski definition) is 1. The standard InChI is InChI=1S/C19H9F5O/c20-15-14(16(21)18(23)19(24)17(15)22)13(25)8-6-10-5-7-11-3-1-2-4-12(11)9-10/h1-5,7,9,13,25H/t13-/m0/s1. The van der Waals surface area contributed by atoms with Crippen LogP contribution in [0.3, 0.4) is 0 Å². The van der Waals surface area contributed by atoms with Crippen LogP contribution in [0.4, 0.5) is 22.0 Å². The summed E-state index contributed by atoms with van der Waals surface area (Å²) >= 11 is 0. The lowest BCUT2D eigenvalue weighted by Gasteiger charge is -2.09. The van der Waals surface area contributed by atoms with Crippen molar-refractivity contribution in [2.24, 2.45) is 0 Å². The lowest BCUT2D eigenvalue weighted by Crippen LogP contribution is -2.10. The number of benzene rings is 3. The van der Waals surface area contributed by atoms with Gasteiger partial charge in [0.05, 0.1) is 5.56 Å². The van der Waals surface area contributed by atoms with E-state index in [1.54, 1.807) is 18.2 Å². The monoisotopic (exact) mass is 348 g/mol. The predicted molar refractivity (Wildman–Crippen MR) is 82.0 cm³/mol. The van der Waals surface area contributed by atoms with Gasteiger partial charge in [0, 0.05) is 5.56 Å². The number of aliphatic hydroxyl groups excluding tert-OH is 1. The molecule has 0 saturated heterocycles. The Hall–Kier alpha value is -2.91. The quantitative estimate of drug-likeness (QED) is 0.294. The van der Waals surface area contributed by atoms with E-state index in [0.717, 1.165) is 10.8 Å². The molecule has 0 amide bonds. The number of hydrogen-bond acceptors (Lipinski definition) is 1. The summed E-state index contributed by atoms with van der Waals surface area (Å²) in [5.41, 5.74) is -0.952. The minimum Gasteiger partial charge on any atom is -0.376 e. The SMILES string of the molecule is O[C@@H](C#Cc1ccc2ccccc2c1)c1c(F)c(F)c(F)c(F)c1F. The van der Waals surface area contributed by atoms with E-state index in [9.17, 15) is 27.1 Å². The molecule has 0 spiro atoms. The summed E-state index contributed by atoms with van der Waals surface area (Å²) in [7, 11) is 0. The van der Waals surface area contributed by atoms with Crippen LogP contribution in [0, 0.1) is 40.9 Å². The van der Waals surface area contributed by atoms with Crippen LogP contribution in [0.5, 0.6) is 0 Å². The Morgan fingerprint density at radius 3 is 1.92 bits per heavy atom. The fraction of sp³-hybridized carbons (Fsp3) is 0.0526. The van der Waals surface area contributed by atoms with Gasteiger partial charge in [-0.25, -0.2) is 22.0 Å². The van der Waals surface area contributed by atoms with Crippen molar-refractivity contribution in [3.05, 3.63) is 82.7 Å². The van der Waals surface area contributed by atoms with Crippen LogP contribution in [0.1, 0.15) is 17.2 Å². The summed E-state index contributed by atoms with van der Waals surface area (Å²) in [5.74, 6) is -6.16. The van der Waals surface area contributed by atoms with Crippen LogP contribution in [-0.2, 0) is 0 Å². The van der Waals surface area contributed by atoms with E-state index < -0.39 is 40.8 Å². The summed E-state index contributed by atoms with van der Waals surface area (Å²) in [6.45, 7) is 0. The summed E-state index contributed by atoms with van der Waals surface area (Å²) < 4.78 is 66.7. The second-order valence-electron chi connectivity index (χ2n) is 5.22. The highest BCUT2D eigenvalue weighted by atomic mass is 19.2. The molecule has 0 heterocycles. The third kappa shape index (κ3) is 3.06. The van der Waals surface area contributed by atoms with Crippen LogP contribution in [0.2, 0.25) is 0 Å². The zero-order chi connectivity index (χ0) is 18.1. The van der Waals surface area contributed by atoms with Crippen molar-refractivity contribution in [1.82, 2.24) is 0 Å². The zero-order valence-electron chi connectivity index (χ0n) is 12.5. The Labute approximate surface area is 139 Å². The minimum atomic E-state index is -2.28. The summed E-state index contributed by atoms with van der Waals surface area (Å²) in [4.78, 5) is 0. The average molecular weight is 348 g/mol. The van der Waals surface area contributed by atoms with E-state index in [0.29, 0.717) is 5.56 Å². The van der Waals surface area contributed by atoms with E-state index in [1.807, 2.05) is 24.3 Å². The molecule has 3 rings (SSSR count). The maximum Gasteiger partial charge on any atom is 0.200 e.